The van der Waals surface area contributed by atoms with Crippen LogP contribution in [0.15, 0.2) is 18.2 Å². The molecular formula is C9H7NO2S. The number of benzene rings is 1. The number of fused-ring (bicyclic) bond motifs is 1. The van der Waals surface area contributed by atoms with Crippen molar-refractivity contribution >= 4 is 27.6 Å². The average molecular weight is 193 g/mol. The second-order valence-electron chi connectivity index (χ2n) is 2.84. The van der Waals surface area contributed by atoms with Gasteiger partial charge >= 0.3 is 5.97 Å². The minimum atomic E-state index is -0.961. The van der Waals surface area contributed by atoms with Gasteiger partial charge in [0.15, 0.2) is 5.69 Å². The van der Waals surface area contributed by atoms with Gasteiger partial charge in [0.2, 0.25) is 0 Å². The fourth-order valence-electron chi connectivity index (χ4n) is 1.21. The number of carboxylic acids is 1. The van der Waals surface area contributed by atoms with E-state index in [1.807, 2.05) is 25.1 Å². The first-order valence-electron chi connectivity index (χ1n) is 3.78. The molecule has 0 aliphatic heterocycles. The Morgan fingerprint density at radius 3 is 3.00 bits per heavy atom. The normalized spacial score (nSPS) is 10.5. The molecule has 0 saturated heterocycles. The predicted octanol–water partition coefficient (Wildman–Crippen LogP) is 2.30. The highest BCUT2D eigenvalue weighted by Gasteiger charge is 2.12. The fourth-order valence-corrected chi connectivity index (χ4v) is 1.96. The smallest absolute Gasteiger partial charge is 0.356 e. The van der Waals surface area contributed by atoms with Crippen LogP contribution in [-0.4, -0.2) is 15.4 Å². The SMILES string of the molecule is Cc1ccc2snc(C(=O)O)c2c1. The van der Waals surface area contributed by atoms with Gasteiger partial charge in [0.1, 0.15) is 0 Å². The molecule has 0 atom stereocenters. The maximum absolute atomic E-state index is 10.7. The molecule has 4 heteroatoms. The van der Waals surface area contributed by atoms with E-state index >= 15 is 0 Å². The zero-order chi connectivity index (χ0) is 9.42. The van der Waals surface area contributed by atoms with Gasteiger partial charge in [-0.3, -0.25) is 0 Å². The van der Waals surface area contributed by atoms with E-state index < -0.39 is 5.97 Å². The van der Waals surface area contributed by atoms with E-state index in [9.17, 15) is 4.79 Å². The van der Waals surface area contributed by atoms with Gasteiger partial charge in [-0.05, 0) is 30.6 Å². The molecule has 1 heterocycles. The van der Waals surface area contributed by atoms with Gasteiger partial charge in [-0.2, -0.15) is 4.37 Å². The molecule has 0 unspecified atom stereocenters. The number of hydrogen-bond acceptors (Lipinski definition) is 3. The summed E-state index contributed by atoms with van der Waals surface area (Å²) in [6.45, 7) is 1.93. The second kappa shape index (κ2) is 2.81. The Balaban J connectivity index is 2.79. The van der Waals surface area contributed by atoms with Gasteiger partial charge in [0.05, 0.1) is 4.70 Å². The average Bonchev–Trinajstić information content (AvgIpc) is 2.46. The maximum atomic E-state index is 10.7. The highest BCUT2D eigenvalue weighted by Crippen LogP contribution is 2.23. The van der Waals surface area contributed by atoms with Gasteiger partial charge in [-0.1, -0.05) is 11.6 Å². The topological polar surface area (TPSA) is 50.2 Å². The molecule has 0 saturated carbocycles. The lowest BCUT2D eigenvalue weighted by Crippen LogP contribution is -1.96. The summed E-state index contributed by atoms with van der Waals surface area (Å²) in [6, 6.07) is 5.70. The van der Waals surface area contributed by atoms with Crippen LogP contribution in [0, 0.1) is 6.92 Å². The van der Waals surface area contributed by atoms with Crippen LogP contribution in [0.5, 0.6) is 0 Å². The Hall–Kier alpha value is -1.42. The molecule has 0 spiro atoms. The summed E-state index contributed by atoms with van der Waals surface area (Å²) in [5.74, 6) is -0.961. The van der Waals surface area contributed by atoms with Crippen LogP contribution in [-0.2, 0) is 0 Å². The summed E-state index contributed by atoms with van der Waals surface area (Å²) >= 11 is 1.22. The molecule has 2 rings (SSSR count). The minimum Gasteiger partial charge on any atom is -0.476 e. The van der Waals surface area contributed by atoms with Crippen LogP contribution in [0.25, 0.3) is 10.1 Å². The molecule has 1 N–H and O–H groups in total. The number of carboxylic acid groups (broad SMARTS) is 1. The monoisotopic (exact) mass is 193 g/mol. The van der Waals surface area contributed by atoms with Gasteiger partial charge < -0.3 is 5.11 Å². The van der Waals surface area contributed by atoms with Crippen molar-refractivity contribution in [1.82, 2.24) is 4.37 Å². The van der Waals surface area contributed by atoms with Crippen LogP contribution in [0.4, 0.5) is 0 Å². The van der Waals surface area contributed by atoms with E-state index in [2.05, 4.69) is 4.37 Å². The highest BCUT2D eigenvalue weighted by molar-refractivity contribution is 7.13. The molecule has 66 valence electrons. The van der Waals surface area contributed by atoms with E-state index in [1.54, 1.807) is 0 Å². The zero-order valence-electron chi connectivity index (χ0n) is 6.94. The summed E-state index contributed by atoms with van der Waals surface area (Å²) < 4.78 is 4.80. The lowest BCUT2D eigenvalue weighted by molar-refractivity contribution is 0.0694. The molecule has 0 fully saturated rings. The summed E-state index contributed by atoms with van der Waals surface area (Å²) in [4.78, 5) is 10.7. The van der Waals surface area contributed by atoms with Crippen LogP contribution in [0.2, 0.25) is 0 Å². The molecule has 0 aliphatic rings. The van der Waals surface area contributed by atoms with Crippen molar-refractivity contribution in [2.24, 2.45) is 0 Å². The lowest BCUT2D eigenvalue weighted by atomic mass is 10.1. The Morgan fingerprint density at radius 1 is 1.54 bits per heavy atom. The third kappa shape index (κ3) is 1.29. The maximum Gasteiger partial charge on any atom is 0.356 e. The zero-order valence-corrected chi connectivity index (χ0v) is 7.76. The number of aromatic nitrogens is 1. The van der Waals surface area contributed by atoms with E-state index in [-0.39, 0.29) is 5.69 Å². The molecule has 0 aliphatic carbocycles. The third-order valence-electron chi connectivity index (χ3n) is 1.83. The Kier molecular flexibility index (Phi) is 1.77. The lowest BCUT2D eigenvalue weighted by Gasteiger charge is -1.92. The first kappa shape index (κ1) is 8.19. The molecule has 13 heavy (non-hydrogen) atoms. The second-order valence-corrected chi connectivity index (χ2v) is 3.64. The number of hydrogen-bond donors (Lipinski definition) is 1. The molecular weight excluding hydrogens is 186 g/mol. The molecule has 1 aromatic carbocycles. The molecule has 0 radical (unpaired) electrons. The van der Waals surface area contributed by atoms with Gasteiger partial charge in [0.25, 0.3) is 0 Å². The summed E-state index contributed by atoms with van der Waals surface area (Å²) in [5, 5.41) is 9.54. The number of rotatable bonds is 1. The van der Waals surface area contributed by atoms with E-state index in [4.69, 9.17) is 5.11 Å². The van der Waals surface area contributed by atoms with Crippen molar-refractivity contribution in [3.05, 3.63) is 29.5 Å². The standard InChI is InChI=1S/C9H7NO2S/c1-5-2-3-7-6(4-5)8(9(11)12)10-13-7/h2-4H,1H3,(H,11,12). The molecule has 0 amide bonds. The van der Waals surface area contributed by atoms with Crippen molar-refractivity contribution in [2.75, 3.05) is 0 Å². The molecule has 2 aromatic rings. The quantitative estimate of drug-likeness (QED) is 0.756. The Bertz CT molecular complexity index is 475. The summed E-state index contributed by atoms with van der Waals surface area (Å²) in [7, 11) is 0. The summed E-state index contributed by atoms with van der Waals surface area (Å²) in [5.41, 5.74) is 1.21. The van der Waals surface area contributed by atoms with Crippen LogP contribution in [0.1, 0.15) is 16.1 Å². The molecule has 0 bridgehead atoms. The van der Waals surface area contributed by atoms with E-state index in [1.165, 1.54) is 11.5 Å². The highest BCUT2D eigenvalue weighted by atomic mass is 32.1. The van der Waals surface area contributed by atoms with Crippen molar-refractivity contribution in [3.8, 4) is 0 Å². The predicted molar refractivity (Wildman–Crippen MR) is 51.3 cm³/mol. The van der Waals surface area contributed by atoms with Crippen molar-refractivity contribution < 1.29 is 9.90 Å². The van der Waals surface area contributed by atoms with Gasteiger partial charge in [-0.25, -0.2) is 4.79 Å². The van der Waals surface area contributed by atoms with Crippen LogP contribution >= 0.6 is 11.5 Å². The number of aryl methyl sites for hydroxylation is 1. The number of nitrogens with zero attached hydrogens (tertiary/aromatic N) is 1. The first-order chi connectivity index (χ1) is 6.18. The largest absolute Gasteiger partial charge is 0.476 e. The van der Waals surface area contributed by atoms with Crippen molar-refractivity contribution in [2.45, 2.75) is 6.92 Å². The van der Waals surface area contributed by atoms with E-state index in [0.717, 1.165) is 15.6 Å². The number of aromatic carboxylic acids is 1. The van der Waals surface area contributed by atoms with Crippen LogP contribution in [0.3, 0.4) is 0 Å². The van der Waals surface area contributed by atoms with Gasteiger partial charge in [0, 0.05) is 5.39 Å². The molecule has 3 nitrogen and oxygen atoms in total. The number of carbonyl (C=O) groups is 1. The Morgan fingerprint density at radius 2 is 2.31 bits per heavy atom. The fraction of sp³-hybridized carbons (Fsp3) is 0.111. The minimum absolute atomic E-state index is 0.156. The van der Waals surface area contributed by atoms with Crippen molar-refractivity contribution in [1.29, 1.82) is 0 Å². The van der Waals surface area contributed by atoms with Crippen molar-refractivity contribution in [3.63, 3.8) is 0 Å². The van der Waals surface area contributed by atoms with Crippen LogP contribution < -0.4 is 0 Å². The Labute approximate surface area is 78.8 Å². The van der Waals surface area contributed by atoms with Gasteiger partial charge in [-0.15, -0.1) is 0 Å². The first-order valence-corrected chi connectivity index (χ1v) is 4.55. The molecule has 1 aromatic heterocycles. The van der Waals surface area contributed by atoms with E-state index in [0.29, 0.717) is 0 Å². The third-order valence-corrected chi connectivity index (χ3v) is 2.65. The summed E-state index contributed by atoms with van der Waals surface area (Å²) in [6.07, 6.45) is 0.